The first kappa shape index (κ1) is 14.7. The van der Waals surface area contributed by atoms with Gasteiger partial charge in [0.2, 0.25) is 0 Å². The first-order valence-electron chi connectivity index (χ1n) is 5.85. The van der Waals surface area contributed by atoms with Gasteiger partial charge in [0.05, 0.1) is 16.6 Å². The molecule has 1 N–H and O–H groups in total. The summed E-state index contributed by atoms with van der Waals surface area (Å²) in [4.78, 5) is 23.4. The SMILES string of the molecule is Cn1c(CNc2ccc(Cl)c(Cl)c2)cc(=O)n(C)c1=O. The molecule has 0 aliphatic rings. The smallest absolute Gasteiger partial charge is 0.330 e. The van der Waals surface area contributed by atoms with Gasteiger partial charge in [-0.3, -0.25) is 13.9 Å². The minimum Gasteiger partial charge on any atom is -0.379 e. The second kappa shape index (κ2) is 5.73. The lowest BCUT2D eigenvalue weighted by Gasteiger charge is -2.11. The Hall–Kier alpha value is -1.72. The molecule has 2 aromatic rings. The van der Waals surface area contributed by atoms with Gasteiger partial charge in [-0.05, 0) is 18.2 Å². The molecule has 1 heterocycles. The Labute approximate surface area is 125 Å². The van der Waals surface area contributed by atoms with E-state index in [1.54, 1.807) is 25.2 Å². The zero-order valence-electron chi connectivity index (χ0n) is 11.0. The van der Waals surface area contributed by atoms with Crippen molar-refractivity contribution in [1.29, 1.82) is 0 Å². The zero-order valence-corrected chi connectivity index (χ0v) is 12.5. The van der Waals surface area contributed by atoms with Crippen LogP contribution in [-0.4, -0.2) is 9.13 Å². The van der Waals surface area contributed by atoms with E-state index < -0.39 is 0 Å². The fraction of sp³-hybridized carbons (Fsp3) is 0.231. The predicted octanol–water partition coefficient (Wildman–Crippen LogP) is 2.00. The van der Waals surface area contributed by atoms with Crippen LogP contribution in [0.25, 0.3) is 0 Å². The van der Waals surface area contributed by atoms with E-state index in [9.17, 15) is 9.59 Å². The first-order chi connectivity index (χ1) is 9.40. The third-order valence-corrected chi connectivity index (χ3v) is 3.76. The maximum Gasteiger partial charge on any atom is 0.330 e. The normalized spacial score (nSPS) is 10.6. The summed E-state index contributed by atoms with van der Waals surface area (Å²) in [6.07, 6.45) is 0. The van der Waals surface area contributed by atoms with Crippen molar-refractivity contribution in [1.82, 2.24) is 9.13 Å². The van der Waals surface area contributed by atoms with Crippen molar-refractivity contribution in [3.8, 4) is 0 Å². The molecule has 0 atom stereocenters. The van der Waals surface area contributed by atoms with Gasteiger partial charge in [-0.1, -0.05) is 23.2 Å². The Morgan fingerprint density at radius 2 is 1.75 bits per heavy atom. The molecule has 0 unspecified atom stereocenters. The van der Waals surface area contributed by atoms with Crippen molar-refractivity contribution in [2.45, 2.75) is 6.54 Å². The number of anilines is 1. The highest BCUT2D eigenvalue weighted by Gasteiger charge is 2.06. The summed E-state index contributed by atoms with van der Waals surface area (Å²) in [7, 11) is 3.06. The van der Waals surface area contributed by atoms with Gasteiger partial charge in [-0.15, -0.1) is 0 Å². The molecule has 1 aromatic carbocycles. The quantitative estimate of drug-likeness (QED) is 0.943. The lowest BCUT2D eigenvalue weighted by atomic mass is 10.3. The van der Waals surface area contributed by atoms with Crippen LogP contribution in [0, 0.1) is 0 Å². The van der Waals surface area contributed by atoms with Crippen LogP contribution in [0.4, 0.5) is 5.69 Å². The molecule has 20 heavy (non-hydrogen) atoms. The maximum absolute atomic E-state index is 11.8. The van der Waals surface area contributed by atoms with Crippen LogP contribution < -0.4 is 16.6 Å². The van der Waals surface area contributed by atoms with E-state index in [1.807, 2.05) is 0 Å². The predicted molar refractivity (Wildman–Crippen MR) is 80.7 cm³/mol. The van der Waals surface area contributed by atoms with Crippen molar-refractivity contribution in [2.75, 3.05) is 5.32 Å². The number of nitrogens with one attached hydrogen (secondary N) is 1. The number of aromatic nitrogens is 2. The fourth-order valence-corrected chi connectivity index (χ4v) is 2.04. The van der Waals surface area contributed by atoms with Crippen molar-refractivity contribution < 1.29 is 0 Å². The lowest BCUT2D eigenvalue weighted by molar-refractivity contribution is 0.655. The van der Waals surface area contributed by atoms with E-state index in [4.69, 9.17) is 23.2 Å². The summed E-state index contributed by atoms with van der Waals surface area (Å²) in [6.45, 7) is 0.333. The number of rotatable bonds is 3. The highest BCUT2D eigenvalue weighted by molar-refractivity contribution is 6.42. The highest BCUT2D eigenvalue weighted by Crippen LogP contribution is 2.25. The van der Waals surface area contributed by atoms with Crippen LogP contribution in [0.5, 0.6) is 0 Å². The molecule has 7 heteroatoms. The van der Waals surface area contributed by atoms with Crippen molar-refractivity contribution >= 4 is 28.9 Å². The Morgan fingerprint density at radius 3 is 2.40 bits per heavy atom. The second-order valence-electron chi connectivity index (χ2n) is 4.36. The Morgan fingerprint density at radius 1 is 1.05 bits per heavy atom. The van der Waals surface area contributed by atoms with Gasteiger partial charge in [0.1, 0.15) is 0 Å². The Bertz CT molecular complexity index is 765. The number of hydrogen-bond donors (Lipinski definition) is 1. The molecule has 0 saturated heterocycles. The molecule has 0 saturated carbocycles. The summed E-state index contributed by atoms with van der Waals surface area (Å²) in [6, 6.07) is 6.55. The topological polar surface area (TPSA) is 56.0 Å². The molecule has 2 rings (SSSR count). The minimum atomic E-state index is -0.358. The van der Waals surface area contributed by atoms with Gasteiger partial charge in [0.25, 0.3) is 5.56 Å². The van der Waals surface area contributed by atoms with E-state index in [-0.39, 0.29) is 11.2 Å². The van der Waals surface area contributed by atoms with Crippen LogP contribution in [-0.2, 0) is 20.6 Å². The van der Waals surface area contributed by atoms with E-state index >= 15 is 0 Å². The largest absolute Gasteiger partial charge is 0.379 e. The lowest BCUT2D eigenvalue weighted by Crippen LogP contribution is -2.38. The summed E-state index contributed by atoms with van der Waals surface area (Å²) >= 11 is 11.8. The van der Waals surface area contributed by atoms with Crippen LogP contribution in [0.2, 0.25) is 10.0 Å². The van der Waals surface area contributed by atoms with E-state index in [0.29, 0.717) is 22.3 Å². The summed E-state index contributed by atoms with van der Waals surface area (Å²) in [5, 5.41) is 4.00. The zero-order chi connectivity index (χ0) is 14.9. The van der Waals surface area contributed by atoms with E-state index in [1.165, 1.54) is 17.7 Å². The van der Waals surface area contributed by atoms with Gasteiger partial charge in [-0.2, -0.15) is 0 Å². The highest BCUT2D eigenvalue weighted by atomic mass is 35.5. The van der Waals surface area contributed by atoms with Gasteiger partial charge >= 0.3 is 5.69 Å². The third-order valence-electron chi connectivity index (χ3n) is 3.02. The Balaban J connectivity index is 2.25. The molecule has 0 amide bonds. The van der Waals surface area contributed by atoms with E-state index in [0.717, 1.165) is 10.3 Å². The molecule has 1 aromatic heterocycles. The molecule has 5 nitrogen and oxygen atoms in total. The van der Waals surface area contributed by atoms with Gasteiger partial charge < -0.3 is 5.32 Å². The second-order valence-corrected chi connectivity index (χ2v) is 5.17. The molecule has 0 radical (unpaired) electrons. The molecule has 0 spiro atoms. The minimum absolute atomic E-state index is 0.333. The van der Waals surface area contributed by atoms with Crippen LogP contribution in [0.1, 0.15) is 5.69 Å². The molecular formula is C13H13Cl2N3O2. The maximum atomic E-state index is 11.8. The van der Waals surface area contributed by atoms with Gasteiger partial charge in [-0.25, -0.2) is 4.79 Å². The molecule has 106 valence electrons. The average molecular weight is 314 g/mol. The first-order valence-corrected chi connectivity index (χ1v) is 6.60. The van der Waals surface area contributed by atoms with Gasteiger partial charge in [0, 0.05) is 31.5 Å². The third kappa shape index (κ3) is 2.89. The number of hydrogen-bond acceptors (Lipinski definition) is 3. The summed E-state index contributed by atoms with van der Waals surface area (Å²) < 4.78 is 2.48. The van der Waals surface area contributed by atoms with Crippen molar-refractivity contribution in [2.24, 2.45) is 14.1 Å². The van der Waals surface area contributed by atoms with Crippen molar-refractivity contribution in [3.05, 3.63) is 60.8 Å². The van der Waals surface area contributed by atoms with Crippen molar-refractivity contribution in [3.63, 3.8) is 0 Å². The number of halogens is 2. The fourth-order valence-electron chi connectivity index (χ4n) is 1.75. The van der Waals surface area contributed by atoms with Crippen LogP contribution in [0.3, 0.4) is 0 Å². The van der Waals surface area contributed by atoms with Crippen LogP contribution >= 0.6 is 23.2 Å². The van der Waals surface area contributed by atoms with Gasteiger partial charge in [0.15, 0.2) is 0 Å². The molecule has 0 bridgehead atoms. The number of nitrogens with zero attached hydrogens (tertiary/aromatic N) is 2. The average Bonchev–Trinajstić information content (AvgIpc) is 2.42. The molecular weight excluding hydrogens is 301 g/mol. The summed E-state index contributed by atoms with van der Waals surface area (Å²) in [5.41, 5.74) is 0.652. The molecule has 0 aliphatic carbocycles. The molecule has 0 fully saturated rings. The Kier molecular flexibility index (Phi) is 4.20. The van der Waals surface area contributed by atoms with E-state index in [2.05, 4.69) is 5.32 Å². The standard InChI is InChI=1S/C13H13Cl2N3O2/c1-17-9(6-12(19)18(2)13(17)20)7-16-8-3-4-10(14)11(15)5-8/h3-6,16H,7H2,1-2H3. The number of benzene rings is 1. The summed E-state index contributed by atoms with van der Waals surface area (Å²) in [5.74, 6) is 0. The monoisotopic (exact) mass is 313 g/mol. The molecule has 0 aliphatic heterocycles. The van der Waals surface area contributed by atoms with Crippen LogP contribution in [0.15, 0.2) is 33.9 Å².